The van der Waals surface area contributed by atoms with E-state index < -0.39 is 22.9 Å². The quantitative estimate of drug-likeness (QED) is 0.820. The lowest BCUT2D eigenvalue weighted by atomic mass is 10.2. The number of urea groups is 1. The number of carbonyl (C=O) groups excluding carboxylic acids is 2. The summed E-state index contributed by atoms with van der Waals surface area (Å²) in [5.74, 6) is -1.73. The predicted molar refractivity (Wildman–Crippen MR) is 80.7 cm³/mol. The number of carbonyl (C=O) groups is 2. The highest BCUT2D eigenvalue weighted by atomic mass is 35.5. The molecule has 9 heteroatoms. The van der Waals surface area contributed by atoms with Gasteiger partial charge in [0.25, 0.3) is 5.91 Å². The minimum atomic E-state index is -0.885. The van der Waals surface area contributed by atoms with Gasteiger partial charge in [-0.2, -0.15) is 0 Å². The van der Waals surface area contributed by atoms with Crippen molar-refractivity contribution in [1.29, 1.82) is 0 Å². The number of rotatable bonds is 3. The molecule has 1 aliphatic heterocycles. The molecule has 3 amide bonds. The maximum Gasteiger partial charge on any atom is 0.321 e. The maximum absolute atomic E-state index is 13.3. The molecule has 1 saturated heterocycles. The molecule has 0 spiro atoms. The largest absolute Gasteiger partial charge is 0.336 e. The monoisotopic (exact) mass is 348 g/mol. The Hall–Kier alpha value is -1.44. The first kappa shape index (κ1) is 16.9. The van der Waals surface area contributed by atoms with Crippen LogP contribution in [0.3, 0.4) is 0 Å². The first-order valence-electron chi connectivity index (χ1n) is 6.69. The van der Waals surface area contributed by atoms with Gasteiger partial charge in [-0.25, -0.2) is 14.2 Å². The number of aromatic nitrogens is 1. The molecule has 0 aliphatic carbocycles. The molecule has 2 rings (SSSR count). The second kappa shape index (κ2) is 7.21. The lowest BCUT2D eigenvalue weighted by Crippen LogP contribution is -2.44. The van der Waals surface area contributed by atoms with Gasteiger partial charge in [0.1, 0.15) is 5.15 Å². The second-order valence-corrected chi connectivity index (χ2v) is 5.76. The molecule has 0 bridgehead atoms. The van der Waals surface area contributed by atoms with Crippen LogP contribution in [0.2, 0.25) is 10.3 Å². The van der Waals surface area contributed by atoms with Gasteiger partial charge in [-0.15, -0.1) is 0 Å². The van der Waals surface area contributed by atoms with Crippen LogP contribution in [0.4, 0.5) is 9.18 Å². The Morgan fingerprint density at radius 1 is 1.45 bits per heavy atom. The number of nitrogens with zero attached hydrogens (tertiary/aromatic N) is 2. The number of likely N-dealkylation sites (tertiary alicyclic amines) is 1. The second-order valence-electron chi connectivity index (χ2n) is 5.04. The molecular formula is C13H15Cl2FN4O2. The minimum absolute atomic E-state index is 0.249. The van der Waals surface area contributed by atoms with Crippen molar-refractivity contribution in [1.82, 2.24) is 20.5 Å². The molecule has 22 heavy (non-hydrogen) atoms. The van der Waals surface area contributed by atoms with Crippen molar-refractivity contribution in [3.05, 3.63) is 27.8 Å². The van der Waals surface area contributed by atoms with Crippen molar-refractivity contribution < 1.29 is 14.0 Å². The van der Waals surface area contributed by atoms with Crippen LogP contribution in [0.25, 0.3) is 0 Å². The normalized spacial score (nSPS) is 18.3. The Labute approximate surface area is 137 Å². The Morgan fingerprint density at radius 2 is 2.18 bits per heavy atom. The maximum atomic E-state index is 13.3. The Kier molecular flexibility index (Phi) is 5.55. The fourth-order valence-corrected chi connectivity index (χ4v) is 2.67. The molecule has 1 atom stereocenters. The van der Waals surface area contributed by atoms with Crippen LogP contribution < -0.4 is 10.6 Å². The van der Waals surface area contributed by atoms with Crippen LogP contribution in [0, 0.1) is 5.82 Å². The van der Waals surface area contributed by atoms with Gasteiger partial charge in [-0.05, 0) is 32.5 Å². The number of pyridine rings is 1. The Morgan fingerprint density at radius 3 is 2.82 bits per heavy atom. The Balaban J connectivity index is 1.91. The highest BCUT2D eigenvalue weighted by Gasteiger charge is 2.22. The molecule has 6 nitrogen and oxygen atoms in total. The number of likely N-dealkylation sites (N-methyl/N-ethyl adjacent to an activating group) is 1. The van der Waals surface area contributed by atoms with E-state index in [9.17, 15) is 14.0 Å². The summed E-state index contributed by atoms with van der Waals surface area (Å²) in [4.78, 5) is 29.2. The molecule has 0 radical (unpaired) electrons. The van der Waals surface area contributed by atoms with Gasteiger partial charge < -0.3 is 10.2 Å². The third-order valence-electron chi connectivity index (χ3n) is 3.53. The lowest BCUT2D eigenvalue weighted by molar-refractivity contribution is 0.0963. The van der Waals surface area contributed by atoms with Crippen LogP contribution in [0.15, 0.2) is 6.07 Å². The lowest BCUT2D eigenvalue weighted by Gasteiger charge is -2.19. The molecular weight excluding hydrogens is 334 g/mol. The Bertz CT molecular complexity index is 600. The zero-order valence-corrected chi connectivity index (χ0v) is 13.3. The summed E-state index contributed by atoms with van der Waals surface area (Å²) < 4.78 is 13.3. The van der Waals surface area contributed by atoms with Crippen molar-refractivity contribution >= 4 is 35.1 Å². The zero-order chi connectivity index (χ0) is 16.3. The minimum Gasteiger partial charge on any atom is -0.336 e. The van der Waals surface area contributed by atoms with Crippen LogP contribution in [-0.4, -0.2) is 48.0 Å². The number of halogens is 3. The first-order chi connectivity index (χ1) is 10.4. The number of imide groups is 1. The molecule has 1 aliphatic rings. The molecule has 1 unspecified atom stereocenters. The van der Waals surface area contributed by atoms with Crippen LogP contribution in [-0.2, 0) is 0 Å². The highest BCUT2D eigenvalue weighted by Crippen LogP contribution is 2.20. The fourth-order valence-electron chi connectivity index (χ4n) is 2.27. The topological polar surface area (TPSA) is 74.3 Å². The van der Waals surface area contributed by atoms with Crippen LogP contribution in [0.5, 0.6) is 0 Å². The highest BCUT2D eigenvalue weighted by molar-refractivity contribution is 6.35. The van der Waals surface area contributed by atoms with Gasteiger partial charge in [0.05, 0.1) is 5.56 Å². The van der Waals surface area contributed by atoms with E-state index in [0.29, 0.717) is 6.54 Å². The third-order valence-corrected chi connectivity index (χ3v) is 4.08. The van der Waals surface area contributed by atoms with Crippen LogP contribution in [0.1, 0.15) is 23.2 Å². The van der Waals surface area contributed by atoms with E-state index >= 15 is 0 Å². The van der Waals surface area contributed by atoms with Crippen LogP contribution >= 0.6 is 23.2 Å². The average Bonchev–Trinajstić information content (AvgIpc) is 2.86. The standard InChI is InChI=1S/C13H15Cl2FN4O2/c1-20-4-2-3-7(20)6-17-13(22)19-12(21)8-5-9(16)11(15)18-10(8)14/h5,7H,2-4,6H2,1H3,(H2,17,19,21,22). The summed E-state index contributed by atoms with van der Waals surface area (Å²) in [6.45, 7) is 1.41. The SMILES string of the molecule is CN1CCCC1CNC(=O)NC(=O)c1cc(F)c(Cl)nc1Cl. The predicted octanol–water partition coefficient (Wildman–Crippen LogP) is 2.06. The summed E-state index contributed by atoms with van der Waals surface area (Å²) in [7, 11) is 1.98. The molecule has 120 valence electrons. The van der Waals surface area contributed by atoms with E-state index in [1.165, 1.54) is 0 Å². The number of hydrogen-bond acceptors (Lipinski definition) is 4. The van der Waals surface area contributed by atoms with Crippen molar-refractivity contribution in [3.8, 4) is 0 Å². The molecule has 1 aromatic heterocycles. The van der Waals surface area contributed by atoms with E-state index in [-0.39, 0.29) is 16.8 Å². The average molecular weight is 349 g/mol. The molecule has 1 fully saturated rings. The van der Waals surface area contributed by atoms with Gasteiger partial charge in [0.2, 0.25) is 0 Å². The smallest absolute Gasteiger partial charge is 0.321 e. The van der Waals surface area contributed by atoms with E-state index in [4.69, 9.17) is 23.2 Å². The van der Waals surface area contributed by atoms with E-state index in [0.717, 1.165) is 25.5 Å². The molecule has 2 N–H and O–H groups in total. The zero-order valence-electron chi connectivity index (χ0n) is 11.8. The van der Waals surface area contributed by atoms with E-state index in [1.54, 1.807) is 0 Å². The molecule has 0 aromatic carbocycles. The number of amides is 3. The van der Waals surface area contributed by atoms with Gasteiger partial charge >= 0.3 is 6.03 Å². The summed E-state index contributed by atoms with van der Waals surface area (Å²) in [6, 6.07) is 0.418. The van der Waals surface area contributed by atoms with Gasteiger partial charge in [-0.1, -0.05) is 23.2 Å². The summed E-state index contributed by atoms with van der Waals surface area (Å²) >= 11 is 11.2. The van der Waals surface area contributed by atoms with E-state index in [1.807, 2.05) is 7.05 Å². The molecule has 0 saturated carbocycles. The fraction of sp³-hybridized carbons (Fsp3) is 0.462. The molecule has 2 heterocycles. The van der Waals surface area contributed by atoms with E-state index in [2.05, 4.69) is 20.5 Å². The van der Waals surface area contributed by atoms with Crippen molar-refractivity contribution in [2.24, 2.45) is 0 Å². The number of nitrogens with one attached hydrogen (secondary N) is 2. The first-order valence-corrected chi connectivity index (χ1v) is 7.45. The van der Waals surface area contributed by atoms with Gasteiger partial charge in [0, 0.05) is 12.6 Å². The summed E-state index contributed by atoms with van der Waals surface area (Å²) in [5.41, 5.74) is -0.253. The van der Waals surface area contributed by atoms with Crippen molar-refractivity contribution in [3.63, 3.8) is 0 Å². The summed E-state index contributed by atoms with van der Waals surface area (Å²) in [5, 5.41) is 3.98. The van der Waals surface area contributed by atoms with Crippen molar-refractivity contribution in [2.45, 2.75) is 18.9 Å². The number of hydrogen-bond donors (Lipinski definition) is 2. The van der Waals surface area contributed by atoms with Crippen molar-refractivity contribution in [2.75, 3.05) is 20.1 Å². The van der Waals surface area contributed by atoms with Gasteiger partial charge in [-0.3, -0.25) is 10.1 Å². The molecule has 1 aromatic rings. The van der Waals surface area contributed by atoms with Gasteiger partial charge in [0.15, 0.2) is 11.0 Å². The third kappa shape index (κ3) is 4.06. The summed E-state index contributed by atoms with van der Waals surface area (Å²) in [6.07, 6.45) is 2.07.